The number of rotatable bonds is 6. The van der Waals surface area contributed by atoms with Crippen LogP contribution in [-0.2, 0) is 14.3 Å². The van der Waals surface area contributed by atoms with Crippen LogP contribution in [0.3, 0.4) is 0 Å². The second kappa shape index (κ2) is 8.16. The van der Waals surface area contributed by atoms with E-state index in [1.165, 1.54) is 18.9 Å². The molecule has 1 aromatic rings. The van der Waals surface area contributed by atoms with Gasteiger partial charge < -0.3 is 10.1 Å². The van der Waals surface area contributed by atoms with Crippen molar-refractivity contribution >= 4 is 45.4 Å². The molecule has 0 aliphatic rings. The van der Waals surface area contributed by atoms with Crippen LogP contribution in [0, 0.1) is 0 Å². The number of halogens is 1. The molecule has 0 spiro atoms. The average molecular weight is 347 g/mol. The first kappa shape index (κ1) is 16.0. The highest BCUT2D eigenvalue weighted by Crippen LogP contribution is 2.15. The number of carbonyl (C=O) groups excluding carboxylic acids is 2. The number of hydrogen-bond donors (Lipinski definition) is 1. The predicted octanol–water partition coefficient (Wildman–Crippen LogP) is 2.47. The first-order valence-corrected chi connectivity index (χ1v) is 7.45. The summed E-state index contributed by atoms with van der Waals surface area (Å²) in [6.45, 7) is 1.88. The Kier molecular flexibility index (Phi) is 6.86. The van der Waals surface area contributed by atoms with Gasteiger partial charge in [-0.2, -0.15) is 0 Å². The average Bonchev–Trinajstić information content (AvgIpc) is 2.39. The third-order valence-electron chi connectivity index (χ3n) is 2.18. The SMILES string of the molecule is COC(=O)CC(C)SCC(=O)Nc1ccc(Br)cn1. The summed E-state index contributed by atoms with van der Waals surface area (Å²) in [5, 5.41) is 2.72. The molecule has 1 amide bonds. The predicted molar refractivity (Wildman–Crippen MR) is 79.1 cm³/mol. The lowest BCUT2D eigenvalue weighted by molar-refractivity contribution is -0.140. The Morgan fingerprint density at radius 3 is 2.84 bits per heavy atom. The summed E-state index contributed by atoms with van der Waals surface area (Å²) in [7, 11) is 1.35. The van der Waals surface area contributed by atoms with E-state index in [0.717, 1.165) is 4.47 Å². The van der Waals surface area contributed by atoms with Crippen molar-refractivity contribution in [1.29, 1.82) is 0 Å². The number of nitrogens with one attached hydrogen (secondary N) is 1. The van der Waals surface area contributed by atoms with Crippen LogP contribution in [0.4, 0.5) is 5.82 Å². The monoisotopic (exact) mass is 346 g/mol. The summed E-state index contributed by atoms with van der Waals surface area (Å²) in [6.07, 6.45) is 1.91. The third-order valence-corrected chi connectivity index (χ3v) is 3.81. The smallest absolute Gasteiger partial charge is 0.306 e. The second-order valence-electron chi connectivity index (χ2n) is 3.81. The number of methoxy groups -OCH3 is 1. The summed E-state index contributed by atoms with van der Waals surface area (Å²) in [5.74, 6) is 0.372. The van der Waals surface area contributed by atoms with E-state index in [9.17, 15) is 9.59 Å². The first-order chi connectivity index (χ1) is 9.01. The van der Waals surface area contributed by atoms with Crippen LogP contribution in [0.2, 0.25) is 0 Å². The van der Waals surface area contributed by atoms with E-state index in [1.807, 2.05) is 6.92 Å². The zero-order valence-corrected chi connectivity index (χ0v) is 13.1. The number of anilines is 1. The van der Waals surface area contributed by atoms with Crippen molar-refractivity contribution in [2.24, 2.45) is 0 Å². The first-order valence-electron chi connectivity index (χ1n) is 5.61. The van der Waals surface area contributed by atoms with Crippen molar-refractivity contribution in [3.63, 3.8) is 0 Å². The fraction of sp³-hybridized carbons (Fsp3) is 0.417. The van der Waals surface area contributed by atoms with Crippen LogP contribution < -0.4 is 5.32 Å². The van der Waals surface area contributed by atoms with Crippen LogP contribution in [0.5, 0.6) is 0 Å². The fourth-order valence-corrected chi connectivity index (χ4v) is 2.22. The molecular formula is C12H15BrN2O3S. The van der Waals surface area contributed by atoms with Crippen molar-refractivity contribution in [3.05, 3.63) is 22.8 Å². The topological polar surface area (TPSA) is 68.3 Å². The number of nitrogens with zero attached hydrogens (tertiary/aromatic N) is 1. The number of thioether (sulfide) groups is 1. The maximum atomic E-state index is 11.7. The van der Waals surface area contributed by atoms with Crippen LogP contribution in [0.1, 0.15) is 13.3 Å². The van der Waals surface area contributed by atoms with E-state index in [0.29, 0.717) is 12.2 Å². The van der Waals surface area contributed by atoms with Crippen molar-refractivity contribution in [2.75, 3.05) is 18.2 Å². The minimum atomic E-state index is -0.269. The Balaban J connectivity index is 2.31. The maximum absolute atomic E-state index is 11.7. The van der Waals surface area contributed by atoms with Crippen LogP contribution in [0.25, 0.3) is 0 Å². The molecule has 1 rings (SSSR count). The van der Waals surface area contributed by atoms with E-state index in [4.69, 9.17) is 0 Å². The Bertz CT molecular complexity index is 439. The molecule has 5 nitrogen and oxygen atoms in total. The number of carbonyl (C=O) groups is 2. The Hall–Kier alpha value is -1.08. The van der Waals surface area contributed by atoms with Crippen molar-refractivity contribution < 1.29 is 14.3 Å². The molecular weight excluding hydrogens is 332 g/mol. The molecule has 1 aromatic heterocycles. The minimum absolute atomic E-state index is 0.0380. The van der Waals surface area contributed by atoms with E-state index >= 15 is 0 Å². The van der Waals surface area contributed by atoms with Gasteiger partial charge in [-0.05, 0) is 28.1 Å². The van der Waals surface area contributed by atoms with Gasteiger partial charge in [-0.3, -0.25) is 9.59 Å². The van der Waals surface area contributed by atoms with E-state index in [-0.39, 0.29) is 22.9 Å². The summed E-state index contributed by atoms with van der Waals surface area (Å²) >= 11 is 4.67. The zero-order valence-electron chi connectivity index (χ0n) is 10.7. The molecule has 1 heterocycles. The number of hydrogen-bond acceptors (Lipinski definition) is 5. The molecule has 0 saturated heterocycles. The van der Waals surface area contributed by atoms with Crippen molar-refractivity contribution in [1.82, 2.24) is 4.98 Å². The highest BCUT2D eigenvalue weighted by atomic mass is 79.9. The van der Waals surface area contributed by atoms with Gasteiger partial charge in [0.15, 0.2) is 0 Å². The second-order valence-corrected chi connectivity index (χ2v) is 6.15. The third kappa shape index (κ3) is 6.58. The summed E-state index contributed by atoms with van der Waals surface area (Å²) in [6, 6.07) is 3.51. The summed E-state index contributed by atoms with van der Waals surface area (Å²) < 4.78 is 5.42. The highest BCUT2D eigenvalue weighted by molar-refractivity contribution is 9.10. The molecule has 0 aromatic carbocycles. The van der Waals surface area contributed by atoms with E-state index in [1.54, 1.807) is 18.3 Å². The summed E-state index contributed by atoms with van der Waals surface area (Å²) in [5.41, 5.74) is 0. The van der Waals surface area contributed by atoms with Gasteiger partial charge in [0.25, 0.3) is 0 Å². The molecule has 0 fully saturated rings. The van der Waals surface area contributed by atoms with E-state index < -0.39 is 0 Å². The van der Waals surface area contributed by atoms with Gasteiger partial charge in [0, 0.05) is 15.9 Å². The number of aromatic nitrogens is 1. The van der Waals surface area contributed by atoms with Gasteiger partial charge in [0.2, 0.25) is 5.91 Å². The lowest BCUT2D eigenvalue weighted by atomic mass is 10.3. The molecule has 0 aliphatic heterocycles. The summed E-state index contributed by atoms with van der Waals surface area (Å²) in [4.78, 5) is 26.7. The molecule has 0 aliphatic carbocycles. The van der Waals surface area contributed by atoms with Gasteiger partial charge in [-0.15, -0.1) is 11.8 Å². The van der Waals surface area contributed by atoms with Gasteiger partial charge in [0.05, 0.1) is 19.3 Å². The van der Waals surface area contributed by atoms with Gasteiger partial charge >= 0.3 is 5.97 Å². The molecule has 7 heteroatoms. The number of amides is 1. The van der Waals surface area contributed by atoms with E-state index in [2.05, 4.69) is 31.0 Å². The molecule has 1 atom stereocenters. The van der Waals surface area contributed by atoms with Crippen molar-refractivity contribution in [3.8, 4) is 0 Å². The van der Waals surface area contributed by atoms with Crippen LogP contribution in [0.15, 0.2) is 22.8 Å². The lowest BCUT2D eigenvalue weighted by Crippen LogP contribution is -2.17. The maximum Gasteiger partial charge on any atom is 0.306 e. The lowest BCUT2D eigenvalue weighted by Gasteiger charge is -2.09. The number of esters is 1. The highest BCUT2D eigenvalue weighted by Gasteiger charge is 2.12. The van der Waals surface area contributed by atoms with Gasteiger partial charge in [0.1, 0.15) is 5.82 Å². The van der Waals surface area contributed by atoms with Gasteiger partial charge in [-0.25, -0.2) is 4.98 Å². The minimum Gasteiger partial charge on any atom is -0.469 e. The Morgan fingerprint density at radius 2 is 2.26 bits per heavy atom. The molecule has 104 valence electrons. The Morgan fingerprint density at radius 1 is 1.53 bits per heavy atom. The molecule has 0 bridgehead atoms. The fourth-order valence-electron chi connectivity index (χ4n) is 1.22. The molecule has 19 heavy (non-hydrogen) atoms. The molecule has 1 N–H and O–H groups in total. The van der Waals surface area contributed by atoms with Crippen LogP contribution >= 0.6 is 27.7 Å². The number of ether oxygens (including phenoxy) is 1. The van der Waals surface area contributed by atoms with Crippen molar-refractivity contribution in [2.45, 2.75) is 18.6 Å². The molecule has 0 radical (unpaired) electrons. The van der Waals surface area contributed by atoms with Gasteiger partial charge in [-0.1, -0.05) is 6.92 Å². The zero-order chi connectivity index (χ0) is 14.3. The number of pyridine rings is 1. The van der Waals surface area contributed by atoms with Crippen LogP contribution in [-0.4, -0.2) is 35.0 Å². The quantitative estimate of drug-likeness (QED) is 0.801. The molecule has 0 saturated carbocycles. The normalized spacial score (nSPS) is 11.7. The Labute approximate surface area is 124 Å². The standard InChI is InChI=1S/C12H15BrN2O3S/c1-8(5-12(17)18-2)19-7-11(16)15-10-4-3-9(13)6-14-10/h3-4,6,8H,5,7H2,1-2H3,(H,14,15,16). The molecule has 1 unspecified atom stereocenters. The largest absolute Gasteiger partial charge is 0.469 e.